The minimum Gasteiger partial charge on any atom is -0.491 e. The summed E-state index contributed by atoms with van der Waals surface area (Å²) in [5.74, 6) is -1.53. The molecule has 0 unspecified atom stereocenters. The van der Waals surface area contributed by atoms with Gasteiger partial charge in [0.1, 0.15) is 5.71 Å². The summed E-state index contributed by atoms with van der Waals surface area (Å²) in [6, 6.07) is 3.50. The highest BCUT2D eigenvalue weighted by molar-refractivity contribution is 7.91. The third-order valence-electron chi connectivity index (χ3n) is 4.37. The Morgan fingerprint density at radius 1 is 1.41 bits per heavy atom. The maximum absolute atomic E-state index is 13.9. The van der Waals surface area contributed by atoms with Crippen LogP contribution in [0.2, 0.25) is 0 Å². The van der Waals surface area contributed by atoms with E-state index in [0.717, 1.165) is 11.1 Å². The van der Waals surface area contributed by atoms with Crippen molar-refractivity contribution in [3.05, 3.63) is 24.0 Å². The zero-order valence-corrected chi connectivity index (χ0v) is 15.6. The second kappa shape index (κ2) is 7.63. The van der Waals surface area contributed by atoms with Gasteiger partial charge in [0.05, 0.1) is 24.2 Å². The number of carbonyl (C=O) groups is 2. The summed E-state index contributed by atoms with van der Waals surface area (Å²) in [6.07, 6.45) is 0.511. The van der Waals surface area contributed by atoms with Gasteiger partial charge in [0.15, 0.2) is 21.4 Å². The number of nitrogens with one attached hydrogen (secondary N) is 1. The third-order valence-corrected chi connectivity index (χ3v) is 6.12. The van der Waals surface area contributed by atoms with Crippen molar-refractivity contribution in [3.8, 4) is 5.75 Å². The lowest BCUT2D eigenvalue weighted by Crippen LogP contribution is -2.42. The molecule has 2 aliphatic heterocycles. The molecule has 8 nitrogen and oxygen atoms in total. The van der Waals surface area contributed by atoms with Crippen LogP contribution < -0.4 is 10.1 Å². The molecule has 146 valence electrons. The monoisotopic (exact) mass is 397 g/mol. The maximum atomic E-state index is 13.9. The number of nitrogens with zero attached hydrogens (tertiary/aromatic N) is 2. The van der Waals surface area contributed by atoms with E-state index >= 15 is 0 Å². The van der Waals surface area contributed by atoms with Gasteiger partial charge in [0.25, 0.3) is 5.91 Å². The van der Waals surface area contributed by atoms with E-state index in [1.807, 2.05) is 0 Å². The Labute approximate surface area is 156 Å². The number of ether oxygens (including phenoxy) is 1. The molecule has 1 N–H and O–H groups in total. The Morgan fingerprint density at radius 3 is 2.81 bits per heavy atom. The minimum atomic E-state index is -3.19. The van der Waals surface area contributed by atoms with Crippen molar-refractivity contribution in [2.75, 3.05) is 23.4 Å². The first kappa shape index (κ1) is 19.3. The van der Waals surface area contributed by atoms with Crippen molar-refractivity contribution in [2.45, 2.75) is 32.2 Å². The Bertz CT molecular complexity index is 900. The molecule has 1 aromatic carbocycles. The van der Waals surface area contributed by atoms with Gasteiger partial charge < -0.3 is 10.1 Å². The van der Waals surface area contributed by atoms with Gasteiger partial charge in [-0.1, -0.05) is 0 Å². The molecule has 1 fully saturated rings. The molecule has 0 radical (unpaired) electrons. The number of hydrogen-bond acceptors (Lipinski definition) is 6. The minimum absolute atomic E-state index is 0.00392. The highest BCUT2D eigenvalue weighted by atomic mass is 32.2. The van der Waals surface area contributed by atoms with Crippen molar-refractivity contribution < 1.29 is 27.1 Å². The van der Waals surface area contributed by atoms with Gasteiger partial charge in [-0.15, -0.1) is 0 Å². The van der Waals surface area contributed by atoms with Crippen LogP contribution in [-0.4, -0.2) is 55.1 Å². The fraction of sp³-hybridized carbons (Fsp3) is 0.471. The van der Waals surface area contributed by atoms with Crippen LogP contribution in [0.15, 0.2) is 23.3 Å². The van der Waals surface area contributed by atoms with Crippen LogP contribution in [-0.2, 0) is 19.4 Å². The second-order valence-corrected chi connectivity index (χ2v) is 8.60. The summed E-state index contributed by atoms with van der Waals surface area (Å²) in [5, 5.41) is 7.74. The summed E-state index contributed by atoms with van der Waals surface area (Å²) in [4.78, 5) is 24.5. The van der Waals surface area contributed by atoms with E-state index in [0.29, 0.717) is 13.0 Å². The molecule has 27 heavy (non-hydrogen) atoms. The fourth-order valence-corrected chi connectivity index (χ4v) is 4.73. The van der Waals surface area contributed by atoms with Gasteiger partial charge in [-0.25, -0.2) is 17.8 Å². The molecule has 1 atom stereocenters. The topological polar surface area (TPSA) is 105 Å². The Balaban J connectivity index is 1.73. The van der Waals surface area contributed by atoms with E-state index in [-0.39, 0.29) is 47.4 Å². The number of amides is 2. The number of hydrogen-bond donors (Lipinski definition) is 1. The van der Waals surface area contributed by atoms with Gasteiger partial charge in [0.2, 0.25) is 5.91 Å². The van der Waals surface area contributed by atoms with Crippen LogP contribution in [0.5, 0.6) is 5.75 Å². The smallest absolute Gasteiger partial charge is 0.271 e. The number of rotatable bonds is 5. The van der Waals surface area contributed by atoms with Crippen molar-refractivity contribution in [1.82, 2.24) is 5.01 Å². The van der Waals surface area contributed by atoms with E-state index in [1.54, 1.807) is 6.92 Å². The van der Waals surface area contributed by atoms with Gasteiger partial charge in [-0.05, 0) is 25.5 Å². The normalized spacial score (nSPS) is 21.7. The van der Waals surface area contributed by atoms with Crippen LogP contribution in [0, 0.1) is 5.82 Å². The van der Waals surface area contributed by atoms with E-state index in [4.69, 9.17) is 4.74 Å². The van der Waals surface area contributed by atoms with Crippen molar-refractivity contribution in [2.24, 2.45) is 5.10 Å². The predicted octanol–water partition coefficient (Wildman–Crippen LogP) is 1.33. The number of benzene rings is 1. The highest BCUT2D eigenvalue weighted by Crippen LogP contribution is 2.24. The number of sulfone groups is 1. The van der Waals surface area contributed by atoms with Gasteiger partial charge in [-0.2, -0.15) is 5.10 Å². The molecule has 2 heterocycles. The summed E-state index contributed by atoms with van der Waals surface area (Å²) < 4.78 is 42.3. The average Bonchev–Trinajstić information content (AvgIpc) is 2.97. The molecular formula is C17H20FN3O5S. The molecule has 2 amide bonds. The molecule has 10 heteroatoms. The predicted molar refractivity (Wildman–Crippen MR) is 96.8 cm³/mol. The van der Waals surface area contributed by atoms with E-state index in [9.17, 15) is 22.4 Å². The number of halogens is 1. The molecule has 2 aliphatic rings. The van der Waals surface area contributed by atoms with Gasteiger partial charge in [0, 0.05) is 24.6 Å². The SMILES string of the molecule is CCOc1ccc(NC(=O)C2=NN([C@H]3CCS(=O)(=O)C3)C(=O)CC2)cc1F. The van der Waals surface area contributed by atoms with Crippen molar-refractivity contribution >= 4 is 33.1 Å². The van der Waals surface area contributed by atoms with Crippen LogP contribution in [0.1, 0.15) is 26.2 Å². The zero-order chi connectivity index (χ0) is 19.6. The van der Waals surface area contributed by atoms with E-state index < -0.39 is 27.6 Å². The van der Waals surface area contributed by atoms with E-state index in [1.165, 1.54) is 12.1 Å². The summed E-state index contributed by atoms with van der Waals surface area (Å²) in [5.41, 5.74) is 0.337. The van der Waals surface area contributed by atoms with Crippen LogP contribution in [0.4, 0.5) is 10.1 Å². The Hall–Kier alpha value is -2.49. The van der Waals surface area contributed by atoms with Crippen molar-refractivity contribution in [3.63, 3.8) is 0 Å². The lowest BCUT2D eigenvalue weighted by molar-refractivity contribution is -0.133. The average molecular weight is 397 g/mol. The van der Waals surface area contributed by atoms with E-state index in [2.05, 4.69) is 10.4 Å². The third kappa shape index (κ3) is 4.44. The first-order valence-corrected chi connectivity index (χ1v) is 10.4. The Morgan fingerprint density at radius 2 is 2.19 bits per heavy atom. The van der Waals surface area contributed by atoms with Crippen LogP contribution >= 0.6 is 0 Å². The molecule has 3 rings (SSSR count). The number of carbonyl (C=O) groups excluding carboxylic acids is 2. The molecule has 0 spiro atoms. The molecule has 1 saturated heterocycles. The first-order valence-electron chi connectivity index (χ1n) is 8.62. The zero-order valence-electron chi connectivity index (χ0n) is 14.8. The largest absolute Gasteiger partial charge is 0.491 e. The highest BCUT2D eigenvalue weighted by Gasteiger charge is 2.37. The van der Waals surface area contributed by atoms with Crippen LogP contribution in [0.25, 0.3) is 0 Å². The van der Waals surface area contributed by atoms with Crippen molar-refractivity contribution in [1.29, 1.82) is 0 Å². The van der Waals surface area contributed by atoms with Gasteiger partial charge in [-0.3, -0.25) is 9.59 Å². The molecule has 0 aromatic heterocycles. The van der Waals surface area contributed by atoms with Crippen LogP contribution in [0.3, 0.4) is 0 Å². The molecule has 0 aliphatic carbocycles. The fourth-order valence-electron chi connectivity index (χ4n) is 3.04. The molecule has 1 aromatic rings. The Kier molecular flexibility index (Phi) is 5.45. The summed E-state index contributed by atoms with van der Waals surface area (Å²) in [6.45, 7) is 2.05. The second-order valence-electron chi connectivity index (χ2n) is 6.37. The number of hydrazone groups is 1. The lowest BCUT2D eigenvalue weighted by atomic mass is 10.1. The van der Waals surface area contributed by atoms with Gasteiger partial charge >= 0.3 is 0 Å². The molecule has 0 bridgehead atoms. The quantitative estimate of drug-likeness (QED) is 0.807. The molecule has 0 saturated carbocycles. The maximum Gasteiger partial charge on any atom is 0.271 e. The lowest BCUT2D eigenvalue weighted by Gasteiger charge is -2.27. The number of anilines is 1. The molecular weight excluding hydrogens is 377 g/mol. The summed E-state index contributed by atoms with van der Waals surface area (Å²) in [7, 11) is -3.19. The first-order chi connectivity index (χ1) is 12.8. The standard InChI is InChI=1S/C17H20FN3O5S/c1-2-26-15-5-3-11(9-13(15)18)19-17(23)14-4-6-16(22)21(20-14)12-7-8-27(24,25)10-12/h3,5,9,12H,2,4,6-8,10H2,1H3,(H,19,23)/t12-/m0/s1. The summed E-state index contributed by atoms with van der Waals surface area (Å²) >= 11 is 0.